The van der Waals surface area contributed by atoms with Gasteiger partial charge >= 0.3 is 29.6 Å². The van der Waals surface area contributed by atoms with Crippen LogP contribution in [0.1, 0.15) is 38.8 Å². The molecule has 0 saturated heterocycles. The largest absolute Gasteiger partial charge is 1.00 e. The second-order valence-electron chi connectivity index (χ2n) is 11.0. The van der Waals surface area contributed by atoms with Gasteiger partial charge in [0, 0.05) is 29.0 Å². The van der Waals surface area contributed by atoms with Crippen molar-refractivity contribution in [2.24, 2.45) is 0 Å². The van der Waals surface area contributed by atoms with Gasteiger partial charge in [-0.1, -0.05) is 66.2 Å². The van der Waals surface area contributed by atoms with Crippen molar-refractivity contribution in [1.82, 2.24) is 9.97 Å². The van der Waals surface area contributed by atoms with Gasteiger partial charge in [-0.05, 0) is 101 Å². The van der Waals surface area contributed by atoms with Crippen molar-refractivity contribution in [2.45, 2.75) is 53.6 Å². The average Bonchev–Trinajstić information content (AvgIpc) is 2.97. The zero-order valence-corrected chi connectivity index (χ0v) is 29.9. The quantitative estimate of drug-likeness (QED) is 0.102. The Hall–Kier alpha value is -3.59. The summed E-state index contributed by atoms with van der Waals surface area (Å²) in [5.74, 6) is 1.59. The summed E-state index contributed by atoms with van der Waals surface area (Å²) in [6, 6.07) is 35.0. The summed E-state index contributed by atoms with van der Waals surface area (Å²) in [6.07, 6.45) is 0. The van der Waals surface area contributed by atoms with Gasteiger partial charge in [-0.25, -0.2) is 9.97 Å². The maximum atomic E-state index is 5.94. The fourth-order valence-electron chi connectivity index (χ4n) is 4.61. The number of rotatable bonds is 9. The van der Waals surface area contributed by atoms with Gasteiger partial charge in [-0.3, -0.25) is 0 Å². The number of aromatic nitrogens is 2. The smallest absolute Gasteiger partial charge is 0.870 e. The third kappa shape index (κ3) is 11.4. The Morgan fingerprint density at radius 2 is 1.00 bits per heavy atom. The molecule has 0 unspecified atom stereocenters. The molecule has 0 aliphatic carbocycles. The number of hydrogen-bond donors (Lipinski definition) is 4. The van der Waals surface area contributed by atoms with Gasteiger partial charge in [0.2, 0.25) is 0 Å². The molecule has 0 amide bonds. The molecule has 0 aliphatic rings. The summed E-state index contributed by atoms with van der Waals surface area (Å²) in [7, 11) is 0. The molecule has 230 valence electrons. The molecule has 0 bridgehead atoms. The molecule has 2 aromatic heterocycles. The molecule has 0 aliphatic heterocycles. The molecule has 7 nitrogen and oxygen atoms in total. The third-order valence-electron chi connectivity index (χ3n) is 6.46. The summed E-state index contributed by atoms with van der Waals surface area (Å²) in [5, 5.41) is 14.0. The topological polar surface area (TPSA) is 104 Å². The fraction of sp³-hybridized carbons (Fsp3) is 0.222. The molecule has 0 fully saturated rings. The van der Waals surface area contributed by atoms with E-state index in [-0.39, 0.29) is 35.0 Å². The number of anilines is 6. The Kier molecular flexibility index (Phi) is 15.4. The standard InChI is InChI=1S/C22H25N3.C14H16ClN3.Na.H2O/c1-15(2)23-20-14-13-19(21-16(3)9-8-10-17(21)4)25-22(20)24-18-11-6-5-7-12-18;1-10(2)16-12-8-9-13(15)18-14(12)17-11-6-4-3-5-7-11;;/h5-15,23H,1-4H3,(H,24,25);3-10,16H,1-2H3,(H,17,18);;1H2/q;;+1;/p-1. The second-order valence-corrected chi connectivity index (χ2v) is 11.4. The Morgan fingerprint density at radius 1 is 0.556 bits per heavy atom. The zero-order valence-electron chi connectivity index (χ0n) is 27.2. The van der Waals surface area contributed by atoms with E-state index in [1.54, 1.807) is 6.07 Å². The van der Waals surface area contributed by atoms with E-state index >= 15 is 0 Å². The molecule has 2 heterocycles. The molecule has 0 saturated carbocycles. The van der Waals surface area contributed by atoms with E-state index in [4.69, 9.17) is 16.6 Å². The second kappa shape index (κ2) is 18.4. The minimum Gasteiger partial charge on any atom is -0.870 e. The van der Waals surface area contributed by atoms with Crippen molar-refractivity contribution in [3.05, 3.63) is 119 Å². The molecule has 5 rings (SSSR count). The van der Waals surface area contributed by atoms with Crippen LogP contribution >= 0.6 is 11.6 Å². The third-order valence-corrected chi connectivity index (χ3v) is 6.67. The van der Waals surface area contributed by atoms with E-state index in [1.807, 2.05) is 66.7 Å². The molecule has 9 heteroatoms. The first-order valence-electron chi connectivity index (χ1n) is 14.6. The Bertz CT molecular complexity index is 1600. The number of para-hydroxylation sites is 2. The summed E-state index contributed by atoms with van der Waals surface area (Å²) >= 11 is 5.94. The van der Waals surface area contributed by atoms with Crippen LogP contribution in [0.2, 0.25) is 5.15 Å². The number of halogens is 1. The van der Waals surface area contributed by atoms with Crippen molar-refractivity contribution < 1.29 is 35.0 Å². The summed E-state index contributed by atoms with van der Waals surface area (Å²) in [4.78, 5) is 9.25. The Labute approximate surface area is 294 Å². The van der Waals surface area contributed by atoms with E-state index in [1.165, 1.54) is 16.7 Å². The normalized spacial score (nSPS) is 10.2. The van der Waals surface area contributed by atoms with Crippen molar-refractivity contribution in [2.75, 3.05) is 21.3 Å². The number of hydrogen-bond acceptors (Lipinski definition) is 7. The van der Waals surface area contributed by atoms with Crippen LogP contribution in [0, 0.1) is 13.8 Å². The molecule has 0 radical (unpaired) electrons. The van der Waals surface area contributed by atoms with E-state index in [0.717, 1.165) is 40.1 Å². The van der Waals surface area contributed by atoms with Crippen LogP contribution in [0.25, 0.3) is 11.3 Å². The Balaban J connectivity index is 0.000000315. The van der Waals surface area contributed by atoms with Crippen LogP contribution in [0.5, 0.6) is 0 Å². The van der Waals surface area contributed by atoms with Gasteiger partial charge in [-0.2, -0.15) is 0 Å². The van der Waals surface area contributed by atoms with Gasteiger partial charge in [0.25, 0.3) is 0 Å². The first-order chi connectivity index (χ1) is 20.7. The maximum Gasteiger partial charge on any atom is 1.00 e. The van der Waals surface area contributed by atoms with E-state index in [0.29, 0.717) is 17.2 Å². The van der Waals surface area contributed by atoms with Crippen LogP contribution in [0.4, 0.5) is 34.4 Å². The predicted octanol–water partition coefficient (Wildman–Crippen LogP) is 7.06. The molecular weight excluding hydrogens is 591 g/mol. The van der Waals surface area contributed by atoms with E-state index in [2.05, 4.69) is 98.1 Å². The molecule has 0 atom stereocenters. The van der Waals surface area contributed by atoms with Crippen molar-refractivity contribution >= 4 is 46.0 Å². The number of nitrogens with zero attached hydrogens (tertiary/aromatic N) is 2. The van der Waals surface area contributed by atoms with Gasteiger partial charge in [0.1, 0.15) is 5.15 Å². The number of benzene rings is 3. The molecule has 45 heavy (non-hydrogen) atoms. The zero-order chi connectivity index (χ0) is 30.8. The number of pyridine rings is 2. The van der Waals surface area contributed by atoms with Crippen LogP contribution in [-0.2, 0) is 0 Å². The average molecular weight is 633 g/mol. The van der Waals surface area contributed by atoms with Crippen LogP contribution < -0.4 is 50.8 Å². The molecule has 0 spiro atoms. The summed E-state index contributed by atoms with van der Waals surface area (Å²) in [5.41, 5.74) is 8.63. The Morgan fingerprint density at radius 3 is 1.47 bits per heavy atom. The first kappa shape index (κ1) is 37.6. The monoisotopic (exact) mass is 632 g/mol. The van der Waals surface area contributed by atoms with E-state index < -0.39 is 0 Å². The molecular formula is C36H42ClN6NaO. The summed E-state index contributed by atoms with van der Waals surface area (Å²) < 4.78 is 0. The maximum absolute atomic E-state index is 5.94. The molecule has 3 aromatic carbocycles. The SMILES string of the molecule is CC(C)Nc1ccc(Cl)nc1Nc1ccccc1.Cc1cccc(C)c1-c1ccc(NC(C)C)c(Nc2ccccc2)n1.[Na+].[OH-]. The van der Waals surface area contributed by atoms with Gasteiger partial charge in [0.05, 0.1) is 17.1 Å². The summed E-state index contributed by atoms with van der Waals surface area (Å²) in [6.45, 7) is 12.7. The predicted molar refractivity (Wildman–Crippen MR) is 187 cm³/mol. The minimum absolute atomic E-state index is 0. The van der Waals surface area contributed by atoms with Crippen LogP contribution in [0.15, 0.2) is 103 Å². The fourth-order valence-corrected chi connectivity index (χ4v) is 4.76. The number of aryl methyl sites for hydroxylation is 2. The number of nitrogens with one attached hydrogen (secondary N) is 4. The van der Waals surface area contributed by atoms with Crippen LogP contribution in [-0.4, -0.2) is 27.5 Å². The minimum atomic E-state index is 0. The van der Waals surface area contributed by atoms with Crippen LogP contribution in [0.3, 0.4) is 0 Å². The van der Waals surface area contributed by atoms with Crippen molar-refractivity contribution in [3.63, 3.8) is 0 Å². The molecule has 5 aromatic rings. The van der Waals surface area contributed by atoms with Gasteiger partial charge in [-0.15, -0.1) is 0 Å². The van der Waals surface area contributed by atoms with E-state index in [9.17, 15) is 0 Å². The van der Waals surface area contributed by atoms with Crippen molar-refractivity contribution in [1.29, 1.82) is 0 Å². The first-order valence-corrected chi connectivity index (χ1v) is 15.0. The van der Waals surface area contributed by atoms with Gasteiger partial charge < -0.3 is 26.7 Å². The van der Waals surface area contributed by atoms with Gasteiger partial charge in [0.15, 0.2) is 11.6 Å². The molecule has 5 N–H and O–H groups in total. The van der Waals surface area contributed by atoms with Crippen molar-refractivity contribution in [3.8, 4) is 11.3 Å².